The van der Waals surface area contributed by atoms with Crippen molar-refractivity contribution in [3.8, 4) is 0 Å². The number of rotatable bonds is 14. The molecule has 0 aromatic rings. The molecule has 0 aromatic carbocycles. The van der Waals surface area contributed by atoms with E-state index in [0.29, 0.717) is 5.92 Å². The van der Waals surface area contributed by atoms with Crippen molar-refractivity contribution in [2.24, 2.45) is 5.92 Å². The normalized spacial score (nSPS) is 12.7. The third-order valence-corrected chi connectivity index (χ3v) is 3.84. The zero-order valence-corrected chi connectivity index (χ0v) is 15.1. The molecule has 0 radical (unpaired) electrons. The summed E-state index contributed by atoms with van der Waals surface area (Å²) in [6.45, 7) is 6.51. The second kappa shape index (κ2) is 14.3. The predicted octanol–water partition coefficient (Wildman–Crippen LogP) is 5.12. The van der Waals surface area contributed by atoms with Gasteiger partial charge in [0.05, 0.1) is 0 Å². The lowest BCUT2D eigenvalue weighted by atomic mass is 10.00. The Labute approximate surface area is 141 Å². The fraction of sp³-hybridized carbons (Fsp3) is 0.789. The predicted molar refractivity (Wildman–Crippen MR) is 93.3 cm³/mol. The first-order valence-electron chi connectivity index (χ1n) is 9.07. The van der Waals surface area contributed by atoms with Gasteiger partial charge in [-0.3, -0.25) is 0 Å². The standard InChI is InChI=1S/C19H34O4/c1-4-5-6-7-8-9-10-11-17(13-12-16(2)3)23-19(22)15-14-18(20)21/h14-17H,4-13H2,1-3H3,(H,20,21). The van der Waals surface area contributed by atoms with Gasteiger partial charge >= 0.3 is 11.9 Å². The highest BCUT2D eigenvalue weighted by Crippen LogP contribution is 2.17. The Morgan fingerprint density at radius 2 is 1.52 bits per heavy atom. The maximum Gasteiger partial charge on any atom is 0.331 e. The molecule has 4 nitrogen and oxygen atoms in total. The zero-order valence-electron chi connectivity index (χ0n) is 15.1. The van der Waals surface area contributed by atoms with E-state index in [2.05, 4.69) is 20.8 Å². The summed E-state index contributed by atoms with van der Waals surface area (Å²) in [4.78, 5) is 22.1. The Morgan fingerprint density at radius 1 is 0.913 bits per heavy atom. The van der Waals surface area contributed by atoms with E-state index in [1.54, 1.807) is 0 Å². The van der Waals surface area contributed by atoms with Crippen LogP contribution >= 0.6 is 0 Å². The smallest absolute Gasteiger partial charge is 0.331 e. The second-order valence-electron chi connectivity index (χ2n) is 6.61. The maximum absolute atomic E-state index is 11.6. The van der Waals surface area contributed by atoms with Crippen molar-refractivity contribution in [3.63, 3.8) is 0 Å². The number of carbonyl (C=O) groups excluding carboxylic acids is 1. The van der Waals surface area contributed by atoms with Crippen molar-refractivity contribution < 1.29 is 19.4 Å². The van der Waals surface area contributed by atoms with Gasteiger partial charge in [-0.2, -0.15) is 0 Å². The summed E-state index contributed by atoms with van der Waals surface area (Å²) < 4.78 is 5.41. The van der Waals surface area contributed by atoms with E-state index in [4.69, 9.17) is 9.84 Å². The third-order valence-electron chi connectivity index (χ3n) is 3.84. The maximum atomic E-state index is 11.6. The Bertz CT molecular complexity index is 347. The van der Waals surface area contributed by atoms with Crippen LogP contribution in [0.15, 0.2) is 12.2 Å². The van der Waals surface area contributed by atoms with Gasteiger partial charge in [-0.25, -0.2) is 9.59 Å². The number of ether oxygens (including phenoxy) is 1. The number of esters is 1. The van der Waals surface area contributed by atoms with Crippen LogP contribution in [-0.2, 0) is 14.3 Å². The van der Waals surface area contributed by atoms with Crippen molar-refractivity contribution in [1.82, 2.24) is 0 Å². The number of carboxylic acids is 1. The minimum absolute atomic E-state index is 0.0982. The first-order chi connectivity index (χ1) is 11.0. The Balaban J connectivity index is 4.08. The number of carboxylic acid groups (broad SMARTS) is 1. The largest absolute Gasteiger partial charge is 0.478 e. The van der Waals surface area contributed by atoms with E-state index in [1.807, 2.05) is 0 Å². The molecule has 0 spiro atoms. The monoisotopic (exact) mass is 326 g/mol. The second-order valence-corrected chi connectivity index (χ2v) is 6.61. The van der Waals surface area contributed by atoms with Crippen LogP contribution in [-0.4, -0.2) is 23.1 Å². The SMILES string of the molecule is CCCCCCCCCC(CCC(C)C)OC(=O)C=CC(=O)O. The molecule has 0 saturated carbocycles. The van der Waals surface area contributed by atoms with Gasteiger partial charge in [0.25, 0.3) is 0 Å². The summed E-state index contributed by atoms with van der Waals surface area (Å²) in [6.07, 6.45) is 13.1. The van der Waals surface area contributed by atoms with Gasteiger partial charge in [0.2, 0.25) is 0 Å². The van der Waals surface area contributed by atoms with E-state index >= 15 is 0 Å². The molecule has 0 saturated heterocycles. The molecule has 0 aliphatic carbocycles. The van der Waals surface area contributed by atoms with Gasteiger partial charge < -0.3 is 9.84 Å². The average molecular weight is 326 g/mol. The quantitative estimate of drug-likeness (QED) is 0.273. The highest BCUT2D eigenvalue weighted by Gasteiger charge is 2.13. The summed E-state index contributed by atoms with van der Waals surface area (Å²) in [7, 11) is 0. The molecule has 1 N–H and O–H groups in total. The van der Waals surface area contributed by atoms with E-state index in [9.17, 15) is 9.59 Å². The molecule has 23 heavy (non-hydrogen) atoms. The van der Waals surface area contributed by atoms with Crippen LogP contribution in [0.1, 0.15) is 85.0 Å². The summed E-state index contributed by atoms with van der Waals surface area (Å²) in [6, 6.07) is 0. The summed E-state index contributed by atoms with van der Waals surface area (Å²) in [5.74, 6) is -1.11. The molecule has 4 heteroatoms. The number of aliphatic carboxylic acids is 1. The number of hydrogen-bond donors (Lipinski definition) is 1. The minimum Gasteiger partial charge on any atom is -0.478 e. The van der Waals surface area contributed by atoms with E-state index in [-0.39, 0.29) is 6.10 Å². The number of unbranched alkanes of at least 4 members (excludes halogenated alkanes) is 6. The first-order valence-corrected chi connectivity index (χ1v) is 9.07. The third kappa shape index (κ3) is 15.4. The van der Waals surface area contributed by atoms with E-state index in [1.165, 1.54) is 38.5 Å². The Morgan fingerprint density at radius 3 is 2.09 bits per heavy atom. The molecule has 1 atom stereocenters. The van der Waals surface area contributed by atoms with Crippen LogP contribution in [0.2, 0.25) is 0 Å². The van der Waals surface area contributed by atoms with Crippen molar-refractivity contribution in [3.05, 3.63) is 12.2 Å². The molecular formula is C19H34O4. The molecule has 0 heterocycles. The Kier molecular flexibility index (Phi) is 13.5. The molecule has 0 bridgehead atoms. The topological polar surface area (TPSA) is 63.6 Å². The zero-order chi connectivity index (χ0) is 17.5. The van der Waals surface area contributed by atoms with Gasteiger partial charge in [0, 0.05) is 12.2 Å². The molecule has 0 aliphatic rings. The highest BCUT2D eigenvalue weighted by atomic mass is 16.5. The van der Waals surface area contributed by atoms with Gasteiger partial charge in [-0.15, -0.1) is 0 Å². The highest BCUT2D eigenvalue weighted by molar-refractivity contribution is 5.90. The molecule has 0 amide bonds. The summed E-state index contributed by atoms with van der Waals surface area (Å²) in [5.41, 5.74) is 0. The van der Waals surface area contributed by atoms with E-state index < -0.39 is 11.9 Å². The van der Waals surface area contributed by atoms with Crippen LogP contribution in [0.3, 0.4) is 0 Å². The van der Waals surface area contributed by atoms with Crippen molar-refractivity contribution in [2.75, 3.05) is 0 Å². The summed E-state index contributed by atoms with van der Waals surface area (Å²) >= 11 is 0. The minimum atomic E-state index is -1.13. The fourth-order valence-corrected chi connectivity index (χ4v) is 2.45. The molecule has 134 valence electrons. The van der Waals surface area contributed by atoms with Gasteiger partial charge in [0.15, 0.2) is 0 Å². The molecule has 0 aromatic heterocycles. The lowest BCUT2D eigenvalue weighted by molar-refractivity contribution is -0.144. The molecular weight excluding hydrogens is 292 g/mol. The first kappa shape index (κ1) is 21.7. The van der Waals surface area contributed by atoms with Crippen LogP contribution in [0.5, 0.6) is 0 Å². The van der Waals surface area contributed by atoms with Gasteiger partial charge in [0.1, 0.15) is 6.10 Å². The van der Waals surface area contributed by atoms with E-state index in [0.717, 1.165) is 37.8 Å². The van der Waals surface area contributed by atoms with Crippen molar-refractivity contribution in [2.45, 2.75) is 91.1 Å². The van der Waals surface area contributed by atoms with Crippen LogP contribution in [0.4, 0.5) is 0 Å². The van der Waals surface area contributed by atoms with Crippen LogP contribution < -0.4 is 0 Å². The van der Waals surface area contributed by atoms with Crippen LogP contribution in [0.25, 0.3) is 0 Å². The van der Waals surface area contributed by atoms with Gasteiger partial charge in [-0.1, -0.05) is 59.3 Å². The lowest BCUT2D eigenvalue weighted by Gasteiger charge is -2.18. The molecule has 0 fully saturated rings. The Hall–Kier alpha value is -1.32. The van der Waals surface area contributed by atoms with Crippen molar-refractivity contribution in [1.29, 1.82) is 0 Å². The summed E-state index contributed by atoms with van der Waals surface area (Å²) in [5, 5.41) is 8.54. The number of hydrogen-bond acceptors (Lipinski definition) is 3. The molecule has 1 unspecified atom stereocenters. The lowest BCUT2D eigenvalue weighted by Crippen LogP contribution is -2.18. The average Bonchev–Trinajstić information content (AvgIpc) is 2.49. The number of carbonyl (C=O) groups is 2. The van der Waals surface area contributed by atoms with Crippen molar-refractivity contribution >= 4 is 11.9 Å². The molecule has 0 rings (SSSR count). The fourth-order valence-electron chi connectivity index (χ4n) is 2.45. The van der Waals surface area contributed by atoms with Gasteiger partial charge in [-0.05, 0) is 31.6 Å². The molecule has 0 aliphatic heterocycles. The van der Waals surface area contributed by atoms with Crippen LogP contribution in [0, 0.1) is 5.92 Å².